The average Bonchev–Trinajstić information content (AvgIpc) is 2.38. The first-order valence-corrected chi connectivity index (χ1v) is 6.95. The number of aliphatic hydroxyl groups excluding tert-OH is 1. The second kappa shape index (κ2) is 6.10. The van der Waals surface area contributed by atoms with Gasteiger partial charge in [-0.2, -0.15) is 0 Å². The van der Waals surface area contributed by atoms with E-state index in [1.165, 1.54) is 16.7 Å². The maximum atomic E-state index is 9.57. The van der Waals surface area contributed by atoms with E-state index in [0.717, 1.165) is 16.9 Å². The highest BCUT2D eigenvalue weighted by Gasteiger charge is 2.06. The van der Waals surface area contributed by atoms with E-state index in [-0.39, 0.29) is 0 Å². The third-order valence-electron chi connectivity index (χ3n) is 3.56. The minimum Gasteiger partial charge on any atom is -0.489 e. The van der Waals surface area contributed by atoms with Gasteiger partial charge in [-0.05, 0) is 62.1 Å². The molecule has 20 heavy (non-hydrogen) atoms. The second-order valence-corrected chi connectivity index (χ2v) is 5.42. The molecule has 1 N–H and O–H groups in total. The largest absolute Gasteiger partial charge is 0.489 e. The number of hydrogen-bond acceptors (Lipinski definition) is 2. The molecule has 2 heteroatoms. The highest BCUT2D eigenvalue weighted by Crippen LogP contribution is 2.24. The van der Waals surface area contributed by atoms with Crippen molar-refractivity contribution in [3.8, 4) is 5.75 Å². The highest BCUT2D eigenvalue weighted by molar-refractivity contribution is 5.37. The molecule has 1 atom stereocenters. The van der Waals surface area contributed by atoms with Crippen LogP contribution in [-0.2, 0) is 6.61 Å². The maximum absolute atomic E-state index is 9.57. The third-order valence-corrected chi connectivity index (χ3v) is 3.56. The standard InChI is InChI=1S/C18H22O2/c1-12-5-6-17(13(2)9-12)11-20-18-8-7-16(15(4)19)10-14(18)3/h5-10,15,19H,11H2,1-4H3. The predicted molar refractivity (Wildman–Crippen MR) is 82.1 cm³/mol. The Bertz CT molecular complexity index is 600. The molecular formula is C18H22O2. The fourth-order valence-corrected chi connectivity index (χ4v) is 2.26. The van der Waals surface area contributed by atoms with Gasteiger partial charge in [-0.3, -0.25) is 0 Å². The van der Waals surface area contributed by atoms with Crippen molar-refractivity contribution in [1.82, 2.24) is 0 Å². The molecule has 2 rings (SSSR count). The van der Waals surface area contributed by atoms with E-state index >= 15 is 0 Å². The first kappa shape index (κ1) is 14.6. The first-order chi connectivity index (χ1) is 9.47. The van der Waals surface area contributed by atoms with E-state index in [1.807, 2.05) is 25.1 Å². The van der Waals surface area contributed by atoms with Gasteiger partial charge in [-0.25, -0.2) is 0 Å². The highest BCUT2D eigenvalue weighted by atomic mass is 16.5. The van der Waals surface area contributed by atoms with E-state index in [1.54, 1.807) is 6.92 Å². The summed E-state index contributed by atoms with van der Waals surface area (Å²) in [5.41, 5.74) is 5.69. The lowest BCUT2D eigenvalue weighted by atomic mass is 10.1. The summed E-state index contributed by atoms with van der Waals surface area (Å²) in [6.07, 6.45) is -0.443. The minimum atomic E-state index is -0.443. The minimum absolute atomic E-state index is 0.443. The molecule has 0 aromatic heterocycles. The van der Waals surface area contributed by atoms with Crippen LogP contribution in [0.25, 0.3) is 0 Å². The van der Waals surface area contributed by atoms with Gasteiger partial charge < -0.3 is 9.84 Å². The summed E-state index contributed by atoms with van der Waals surface area (Å²) >= 11 is 0. The molecule has 0 saturated carbocycles. The summed E-state index contributed by atoms with van der Waals surface area (Å²) in [6, 6.07) is 12.2. The molecule has 0 amide bonds. The zero-order valence-electron chi connectivity index (χ0n) is 12.6. The van der Waals surface area contributed by atoms with Crippen molar-refractivity contribution in [2.75, 3.05) is 0 Å². The van der Waals surface area contributed by atoms with Gasteiger partial charge in [-0.1, -0.05) is 29.8 Å². The summed E-state index contributed by atoms with van der Waals surface area (Å²) in [5, 5.41) is 9.57. The monoisotopic (exact) mass is 270 g/mol. The Morgan fingerprint density at radius 1 is 1.00 bits per heavy atom. The van der Waals surface area contributed by atoms with Crippen molar-refractivity contribution in [2.45, 2.75) is 40.4 Å². The molecule has 0 aliphatic heterocycles. The smallest absolute Gasteiger partial charge is 0.122 e. The second-order valence-electron chi connectivity index (χ2n) is 5.42. The fraction of sp³-hybridized carbons (Fsp3) is 0.333. The number of rotatable bonds is 4. The van der Waals surface area contributed by atoms with E-state index in [9.17, 15) is 5.11 Å². The lowest BCUT2D eigenvalue weighted by Crippen LogP contribution is -2.00. The maximum Gasteiger partial charge on any atom is 0.122 e. The van der Waals surface area contributed by atoms with E-state index < -0.39 is 6.10 Å². The van der Waals surface area contributed by atoms with Gasteiger partial charge >= 0.3 is 0 Å². The molecule has 2 nitrogen and oxygen atoms in total. The normalized spacial score (nSPS) is 12.2. The molecule has 0 radical (unpaired) electrons. The lowest BCUT2D eigenvalue weighted by Gasteiger charge is -2.13. The summed E-state index contributed by atoms with van der Waals surface area (Å²) in [7, 11) is 0. The van der Waals surface area contributed by atoms with Crippen LogP contribution in [-0.4, -0.2) is 5.11 Å². The van der Waals surface area contributed by atoms with Gasteiger partial charge in [0.2, 0.25) is 0 Å². The summed E-state index contributed by atoms with van der Waals surface area (Å²) in [4.78, 5) is 0. The molecule has 0 bridgehead atoms. The summed E-state index contributed by atoms with van der Waals surface area (Å²) in [5.74, 6) is 0.870. The summed E-state index contributed by atoms with van der Waals surface area (Å²) in [6.45, 7) is 8.54. The Hall–Kier alpha value is -1.80. The van der Waals surface area contributed by atoms with Crippen LogP contribution < -0.4 is 4.74 Å². The Balaban J connectivity index is 2.11. The third kappa shape index (κ3) is 3.40. The van der Waals surface area contributed by atoms with Crippen LogP contribution in [0.3, 0.4) is 0 Å². The van der Waals surface area contributed by atoms with Gasteiger partial charge in [0, 0.05) is 0 Å². The van der Waals surface area contributed by atoms with Crippen LogP contribution in [0, 0.1) is 20.8 Å². The molecule has 106 valence electrons. The Morgan fingerprint density at radius 3 is 2.35 bits per heavy atom. The van der Waals surface area contributed by atoms with Gasteiger partial charge in [0.05, 0.1) is 6.10 Å². The van der Waals surface area contributed by atoms with Gasteiger partial charge in [0.15, 0.2) is 0 Å². The van der Waals surface area contributed by atoms with Crippen molar-refractivity contribution < 1.29 is 9.84 Å². The molecule has 0 fully saturated rings. The number of benzene rings is 2. The molecule has 2 aromatic carbocycles. The zero-order valence-corrected chi connectivity index (χ0v) is 12.6. The molecular weight excluding hydrogens is 248 g/mol. The Morgan fingerprint density at radius 2 is 1.75 bits per heavy atom. The average molecular weight is 270 g/mol. The molecule has 1 unspecified atom stereocenters. The zero-order chi connectivity index (χ0) is 14.7. The molecule has 0 aliphatic carbocycles. The molecule has 0 aliphatic rings. The van der Waals surface area contributed by atoms with Crippen LogP contribution in [0.4, 0.5) is 0 Å². The van der Waals surface area contributed by atoms with E-state index in [0.29, 0.717) is 6.61 Å². The van der Waals surface area contributed by atoms with Gasteiger partial charge in [0.1, 0.15) is 12.4 Å². The number of hydrogen-bond donors (Lipinski definition) is 1. The molecule has 0 heterocycles. The van der Waals surface area contributed by atoms with E-state index in [4.69, 9.17) is 4.74 Å². The SMILES string of the molecule is Cc1ccc(COc2ccc(C(C)O)cc2C)c(C)c1. The number of ether oxygens (including phenoxy) is 1. The van der Waals surface area contributed by atoms with Crippen molar-refractivity contribution in [3.63, 3.8) is 0 Å². The molecule has 0 spiro atoms. The van der Waals surface area contributed by atoms with Crippen LogP contribution in [0.1, 0.15) is 40.8 Å². The van der Waals surface area contributed by atoms with Crippen LogP contribution in [0.2, 0.25) is 0 Å². The van der Waals surface area contributed by atoms with E-state index in [2.05, 4.69) is 32.0 Å². The molecule has 0 saturated heterocycles. The topological polar surface area (TPSA) is 29.5 Å². The van der Waals surface area contributed by atoms with Crippen LogP contribution in [0.15, 0.2) is 36.4 Å². The van der Waals surface area contributed by atoms with Crippen LogP contribution >= 0.6 is 0 Å². The fourth-order valence-electron chi connectivity index (χ4n) is 2.26. The van der Waals surface area contributed by atoms with Crippen LogP contribution in [0.5, 0.6) is 5.75 Å². The molecule has 2 aromatic rings. The van der Waals surface area contributed by atoms with Crippen molar-refractivity contribution >= 4 is 0 Å². The number of aryl methyl sites for hydroxylation is 3. The lowest BCUT2D eigenvalue weighted by molar-refractivity contribution is 0.199. The van der Waals surface area contributed by atoms with Gasteiger partial charge in [-0.15, -0.1) is 0 Å². The predicted octanol–water partition coefficient (Wildman–Crippen LogP) is 4.24. The quantitative estimate of drug-likeness (QED) is 0.900. The van der Waals surface area contributed by atoms with Crippen molar-refractivity contribution in [2.24, 2.45) is 0 Å². The number of aliphatic hydroxyl groups is 1. The Kier molecular flexibility index (Phi) is 4.46. The van der Waals surface area contributed by atoms with Crippen molar-refractivity contribution in [3.05, 3.63) is 64.2 Å². The van der Waals surface area contributed by atoms with Crippen molar-refractivity contribution in [1.29, 1.82) is 0 Å². The first-order valence-electron chi connectivity index (χ1n) is 6.95. The summed E-state index contributed by atoms with van der Waals surface area (Å²) < 4.78 is 5.90. The Labute approximate surface area is 121 Å². The van der Waals surface area contributed by atoms with Gasteiger partial charge in [0.25, 0.3) is 0 Å².